The first-order chi connectivity index (χ1) is 10.5. The lowest BCUT2D eigenvalue weighted by Gasteiger charge is -2.22. The Labute approximate surface area is 125 Å². The summed E-state index contributed by atoms with van der Waals surface area (Å²) >= 11 is 0. The summed E-state index contributed by atoms with van der Waals surface area (Å²) in [7, 11) is 3.46. The van der Waals surface area contributed by atoms with Crippen LogP contribution >= 0.6 is 0 Å². The maximum Gasteiger partial charge on any atom is 0.167 e. The van der Waals surface area contributed by atoms with E-state index in [0.717, 1.165) is 0 Å². The molecule has 2 heterocycles. The van der Waals surface area contributed by atoms with E-state index in [0.29, 0.717) is 13.3 Å². The third-order valence-corrected chi connectivity index (χ3v) is 3.38. The average Bonchev–Trinajstić information content (AvgIpc) is 3.09. The van der Waals surface area contributed by atoms with Gasteiger partial charge >= 0.3 is 0 Å². The highest BCUT2D eigenvalue weighted by Gasteiger charge is 2.27. The molecule has 0 unspecified atom stereocenters. The molecule has 7 nitrogen and oxygen atoms in total. The van der Waals surface area contributed by atoms with E-state index in [-0.39, 0.29) is 11.4 Å². The van der Waals surface area contributed by atoms with Crippen LogP contribution in [-0.2, 0) is 0 Å². The maximum absolute atomic E-state index is 14.4. The van der Waals surface area contributed by atoms with Crippen LogP contribution in [0.15, 0.2) is 16.3 Å². The van der Waals surface area contributed by atoms with Crippen molar-refractivity contribution < 1.29 is 8.78 Å². The quantitative estimate of drug-likeness (QED) is 0.820. The average molecular weight is 305 g/mol. The first-order valence-electron chi connectivity index (χ1n) is 6.47. The number of nitriles is 1. The van der Waals surface area contributed by atoms with Gasteiger partial charge in [-0.3, -0.25) is 10.0 Å². The largest absolute Gasteiger partial charge is 0.308 e. The first-order valence-corrected chi connectivity index (χ1v) is 6.47. The number of benzene rings is 1. The van der Waals surface area contributed by atoms with Gasteiger partial charge in [0.05, 0.1) is 11.4 Å². The van der Waals surface area contributed by atoms with Gasteiger partial charge in [-0.05, 0) is 6.07 Å². The van der Waals surface area contributed by atoms with E-state index in [9.17, 15) is 8.78 Å². The second-order valence-electron chi connectivity index (χ2n) is 5.03. The lowest BCUT2D eigenvalue weighted by Crippen LogP contribution is -2.28. The van der Waals surface area contributed by atoms with Crippen molar-refractivity contribution in [2.75, 3.05) is 37.2 Å². The fourth-order valence-corrected chi connectivity index (χ4v) is 2.29. The van der Waals surface area contributed by atoms with Gasteiger partial charge in [-0.15, -0.1) is 0 Å². The van der Waals surface area contributed by atoms with Crippen LogP contribution in [0.2, 0.25) is 0 Å². The fraction of sp³-hybridized carbons (Fsp3) is 0.308. The number of nitrogens with zero attached hydrogens (tertiary/aromatic N) is 7. The van der Waals surface area contributed by atoms with Crippen LogP contribution in [0.25, 0.3) is 0 Å². The molecule has 0 fully saturated rings. The molecule has 0 atom stereocenters. The maximum atomic E-state index is 14.4. The third kappa shape index (κ3) is 2.18. The van der Waals surface area contributed by atoms with Crippen molar-refractivity contribution in [3.63, 3.8) is 0 Å². The van der Waals surface area contributed by atoms with Gasteiger partial charge in [-0.2, -0.15) is 15.5 Å². The highest BCUT2D eigenvalue weighted by atomic mass is 19.1. The summed E-state index contributed by atoms with van der Waals surface area (Å²) in [6, 6.07) is 2.96. The van der Waals surface area contributed by atoms with Gasteiger partial charge in [0, 0.05) is 14.1 Å². The molecule has 0 N–H and O–H groups in total. The summed E-state index contributed by atoms with van der Waals surface area (Å²) in [5.74, 6) is -1.79. The summed E-state index contributed by atoms with van der Waals surface area (Å²) in [6.45, 7) is 0.641. The van der Waals surface area contributed by atoms with Gasteiger partial charge in [0.25, 0.3) is 0 Å². The SMILES string of the molecule is CN1CN(c2cc(N3C=NN(C)C3)c(F)c(C#N)c2F)C=N1. The summed E-state index contributed by atoms with van der Waals surface area (Å²) in [5, 5.41) is 20.3. The second-order valence-corrected chi connectivity index (χ2v) is 5.03. The van der Waals surface area contributed by atoms with Crippen LogP contribution < -0.4 is 9.80 Å². The zero-order valence-electron chi connectivity index (χ0n) is 12.0. The Hall–Kier alpha value is -2.89. The molecule has 22 heavy (non-hydrogen) atoms. The zero-order valence-corrected chi connectivity index (χ0v) is 12.0. The van der Waals surface area contributed by atoms with Crippen molar-refractivity contribution in [1.29, 1.82) is 5.26 Å². The number of hydrogen-bond acceptors (Lipinski definition) is 7. The summed E-state index contributed by atoms with van der Waals surface area (Å²) in [4.78, 5) is 3.02. The van der Waals surface area contributed by atoms with Crippen molar-refractivity contribution in [2.45, 2.75) is 0 Å². The minimum atomic E-state index is -0.894. The standard InChI is InChI=1S/C13H13F2N7/c1-19-7-21(5-17-19)10-3-11(22-6-18-20(2)8-22)13(15)9(4-16)12(10)14/h3,5-6H,7-8H2,1-2H3. The van der Waals surface area contributed by atoms with Gasteiger partial charge in [0.2, 0.25) is 0 Å². The lowest BCUT2D eigenvalue weighted by molar-refractivity contribution is 0.390. The van der Waals surface area contributed by atoms with Crippen LogP contribution in [0.4, 0.5) is 20.2 Å². The number of hydrazone groups is 2. The molecule has 0 saturated heterocycles. The Morgan fingerprint density at radius 3 is 1.77 bits per heavy atom. The molecule has 114 valence electrons. The second kappa shape index (κ2) is 5.14. The van der Waals surface area contributed by atoms with Gasteiger partial charge in [0.15, 0.2) is 11.6 Å². The Kier molecular flexibility index (Phi) is 3.29. The smallest absolute Gasteiger partial charge is 0.167 e. The topological polar surface area (TPSA) is 61.5 Å². The van der Waals surface area contributed by atoms with Crippen molar-refractivity contribution in [1.82, 2.24) is 10.0 Å². The normalized spacial score (nSPS) is 16.9. The molecule has 0 saturated carbocycles. The highest BCUT2D eigenvalue weighted by Crippen LogP contribution is 2.33. The van der Waals surface area contributed by atoms with Gasteiger partial charge in [-0.25, -0.2) is 8.78 Å². The molecule has 1 aromatic carbocycles. The van der Waals surface area contributed by atoms with Gasteiger partial charge in [-0.1, -0.05) is 0 Å². The third-order valence-electron chi connectivity index (χ3n) is 3.38. The molecule has 0 bridgehead atoms. The van der Waals surface area contributed by atoms with Crippen LogP contribution in [0.1, 0.15) is 5.56 Å². The molecule has 2 aliphatic rings. The van der Waals surface area contributed by atoms with E-state index in [1.165, 1.54) is 28.5 Å². The predicted molar refractivity (Wildman–Crippen MR) is 78.3 cm³/mol. The summed E-state index contributed by atoms with van der Waals surface area (Å²) in [5.41, 5.74) is -0.411. The number of halogens is 2. The molecule has 0 aromatic heterocycles. The van der Waals surface area contributed by atoms with E-state index in [2.05, 4.69) is 10.2 Å². The van der Waals surface area contributed by atoms with E-state index < -0.39 is 17.2 Å². The van der Waals surface area contributed by atoms with Crippen LogP contribution in [-0.4, -0.2) is 50.1 Å². The molecule has 1 aromatic rings. The Morgan fingerprint density at radius 1 is 1.00 bits per heavy atom. The molecule has 0 radical (unpaired) electrons. The monoisotopic (exact) mass is 305 g/mol. The zero-order chi connectivity index (χ0) is 15.9. The predicted octanol–water partition coefficient (Wildman–Crippen LogP) is 1.14. The Bertz CT molecular complexity index is 659. The molecule has 9 heteroatoms. The van der Waals surface area contributed by atoms with Crippen LogP contribution in [0, 0.1) is 23.0 Å². The summed E-state index contributed by atoms with van der Waals surface area (Å²) in [6.07, 6.45) is 2.87. The van der Waals surface area contributed by atoms with Gasteiger partial charge < -0.3 is 9.80 Å². The molecule has 0 amide bonds. The van der Waals surface area contributed by atoms with E-state index in [4.69, 9.17) is 5.26 Å². The fourth-order valence-electron chi connectivity index (χ4n) is 2.29. The van der Waals surface area contributed by atoms with E-state index in [1.54, 1.807) is 30.2 Å². The molecule has 0 aliphatic carbocycles. The highest BCUT2D eigenvalue weighted by molar-refractivity contribution is 5.87. The molecule has 3 rings (SSSR count). The van der Waals surface area contributed by atoms with Crippen molar-refractivity contribution in [3.8, 4) is 6.07 Å². The molecular formula is C13H13F2N7. The molecule has 0 spiro atoms. The first kappa shape index (κ1) is 14.1. The number of anilines is 2. The Balaban J connectivity index is 2.09. The summed E-state index contributed by atoms with van der Waals surface area (Å²) < 4.78 is 28.8. The minimum Gasteiger partial charge on any atom is -0.308 e. The van der Waals surface area contributed by atoms with Crippen LogP contribution in [0.5, 0.6) is 0 Å². The number of rotatable bonds is 2. The van der Waals surface area contributed by atoms with Crippen molar-refractivity contribution in [3.05, 3.63) is 23.3 Å². The lowest BCUT2D eigenvalue weighted by atomic mass is 10.1. The van der Waals surface area contributed by atoms with Crippen molar-refractivity contribution >= 4 is 24.1 Å². The van der Waals surface area contributed by atoms with E-state index >= 15 is 0 Å². The minimum absolute atomic E-state index is 0.101. The van der Waals surface area contributed by atoms with E-state index in [1.807, 2.05) is 0 Å². The van der Waals surface area contributed by atoms with Gasteiger partial charge in [0.1, 0.15) is 37.6 Å². The Morgan fingerprint density at radius 2 is 1.45 bits per heavy atom. The molecular weight excluding hydrogens is 292 g/mol. The molecule has 2 aliphatic heterocycles. The number of hydrogen-bond donors (Lipinski definition) is 0. The van der Waals surface area contributed by atoms with Crippen LogP contribution in [0.3, 0.4) is 0 Å². The van der Waals surface area contributed by atoms with Crippen molar-refractivity contribution in [2.24, 2.45) is 10.2 Å².